The number of rotatable bonds is 1. The Hall–Kier alpha value is -0.640. The molecule has 18 heavy (non-hydrogen) atoms. The van der Waals surface area contributed by atoms with Gasteiger partial charge in [-0.15, -0.1) is 0 Å². The second-order valence-electron chi connectivity index (χ2n) is 4.24. The van der Waals surface area contributed by atoms with Gasteiger partial charge in [-0.2, -0.15) is 0 Å². The molecule has 0 saturated heterocycles. The Morgan fingerprint density at radius 2 is 1.94 bits per heavy atom. The van der Waals surface area contributed by atoms with Crippen LogP contribution < -0.4 is 0 Å². The number of aromatic nitrogens is 2. The standard InChI is InChI=1S/C13H9BrCl2N2/c14-7-4-5-8(10(15)6-7)13-17-11-3-1-2-9(11)12(16)18-13/h4-6H,1-3H2. The average molecular weight is 344 g/mol. The highest BCUT2D eigenvalue weighted by atomic mass is 79.9. The minimum Gasteiger partial charge on any atom is -0.233 e. The average Bonchev–Trinajstić information content (AvgIpc) is 2.77. The Balaban J connectivity index is 2.15. The molecule has 0 spiro atoms. The zero-order valence-corrected chi connectivity index (χ0v) is 12.5. The van der Waals surface area contributed by atoms with E-state index in [4.69, 9.17) is 23.2 Å². The van der Waals surface area contributed by atoms with Crippen LogP contribution in [0.3, 0.4) is 0 Å². The minimum absolute atomic E-state index is 0.562. The number of halogens is 3. The van der Waals surface area contributed by atoms with E-state index in [1.807, 2.05) is 18.2 Å². The first-order valence-corrected chi connectivity index (χ1v) is 7.21. The van der Waals surface area contributed by atoms with E-state index in [-0.39, 0.29) is 0 Å². The number of fused-ring (bicyclic) bond motifs is 1. The molecule has 0 saturated carbocycles. The second-order valence-corrected chi connectivity index (χ2v) is 5.92. The molecule has 2 aromatic rings. The maximum absolute atomic E-state index is 6.21. The zero-order chi connectivity index (χ0) is 12.7. The van der Waals surface area contributed by atoms with Gasteiger partial charge in [0.15, 0.2) is 5.82 Å². The third-order valence-corrected chi connectivity index (χ3v) is 4.17. The highest BCUT2D eigenvalue weighted by Crippen LogP contribution is 2.32. The van der Waals surface area contributed by atoms with Crippen molar-refractivity contribution in [2.75, 3.05) is 0 Å². The molecule has 1 aromatic carbocycles. The van der Waals surface area contributed by atoms with E-state index in [9.17, 15) is 0 Å². The fourth-order valence-electron chi connectivity index (χ4n) is 2.18. The van der Waals surface area contributed by atoms with E-state index in [0.717, 1.165) is 40.6 Å². The summed E-state index contributed by atoms with van der Waals surface area (Å²) < 4.78 is 0.934. The molecule has 0 aliphatic heterocycles. The molecule has 5 heteroatoms. The Morgan fingerprint density at radius 1 is 1.11 bits per heavy atom. The quantitative estimate of drug-likeness (QED) is 0.701. The summed E-state index contributed by atoms with van der Waals surface area (Å²) >= 11 is 15.8. The van der Waals surface area contributed by atoms with Gasteiger partial charge in [0.05, 0.1) is 5.02 Å². The lowest BCUT2D eigenvalue weighted by atomic mass is 10.2. The van der Waals surface area contributed by atoms with Crippen molar-refractivity contribution in [2.45, 2.75) is 19.3 Å². The summed E-state index contributed by atoms with van der Waals surface area (Å²) in [5.74, 6) is 0.609. The molecule has 3 rings (SSSR count). The molecule has 92 valence electrons. The summed E-state index contributed by atoms with van der Waals surface area (Å²) in [5, 5.41) is 1.19. The van der Waals surface area contributed by atoms with Gasteiger partial charge in [0.1, 0.15) is 5.15 Å². The molecule has 0 unspecified atom stereocenters. The van der Waals surface area contributed by atoms with Gasteiger partial charge in [0.2, 0.25) is 0 Å². The first kappa shape index (κ1) is 12.4. The van der Waals surface area contributed by atoms with Crippen LogP contribution in [-0.2, 0) is 12.8 Å². The largest absolute Gasteiger partial charge is 0.233 e. The monoisotopic (exact) mass is 342 g/mol. The smallest absolute Gasteiger partial charge is 0.162 e. The van der Waals surface area contributed by atoms with E-state index < -0.39 is 0 Å². The third-order valence-electron chi connectivity index (χ3n) is 3.05. The van der Waals surface area contributed by atoms with Crippen molar-refractivity contribution in [3.8, 4) is 11.4 Å². The molecular formula is C13H9BrCl2N2. The SMILES string of the molecule is Clc1cc(Br)ccc1-c1nc(Cl)c2c(n1)CCC2. The van der Waals surface area contributed by atoms with Gasteiger partial charge in [-0.1, -0.05) is 39.1 Å². The summed E-state index contributed by atoms with van der Waals surface area (Å²) in [4.78, 5) is 8.94. The van der Waals surface area contributed by atoms with Crippen LogP contribution in [0.5, 0.6) is 0 Å². The van der Waals surface area contributed by atoms with Crippen LogP contribution in [0.25, 0.3) is 11.4 Å². The minimum atomic E-state index is 0.562. The van der Waals surface area contributed by atoms with E-state index in [1.54, 1.807) is 0 Å². The van der Waals surface area contributed by atoms with E-state index in [0.29, 0.717) is 16.0 Å². The van der Waals surface area contributed by atoms with Gasteiger partial charge in [0, 0.05) is 21.3 Å². The predicted octanol–water partition coefficient (Wildman–Crippen LogP) is 4.70. The molecule has 0 amide bonds. The summed E-state index contributed by atoms with van der Waals surface area (Å²) in [6, 6.07) is 5.66. The molecule has 0 fully saturated rings. The van der Waals surface area contributed by atoms with Crippen LogP contribution in [0.2, 0.25) is 10.2 Å². The van der Waals surface area contributed by atoms with E-state index in [2.05, 4.69) is 25.9 Å². The van der Waals surface area contributed by atoms with Crippen molar-refractivity contribution in [3.05, 3.63) is 44.1 Å². The van der Waals surface area contributed by atoms with Gasteiger partial charge in [-0.05, 0) is 37.5 Å². The van der Waals surface area contributed by atoms with Crippen molar-refractivity contribution in [1.82, 2.24) is 9.97 Å². The Bertz CT molecular complexity index is 629. The van der Waals surface area contributed by atoms with Crippen LogP contribution in [0, 0.1) is 0 Å². The molecular weight excluding hydrogens is 335 g/mol. The maximum atomic E-state index is 6.21. The van der Waals surface area contributed by atoms with Crippen molar-refractivity contribution < 1.29 is 0 Å². The van der Waals surface area contributed by atoms with Crippen molar-refractivity contribution in [3.63, 3.8) is 0 Å². The number of nitrogens with zero attached hydrogens (tertiary/aromatic N) is 2. The molecule has 0 N–H and O–H groups in total. The van der Waals surface area contributed by atoms with Gasteiger partial charge < -0.3 is 0 Å². The molecule has 1 aliphatic rings. The van der Waals surface area contributed by atoms with Crippen LogP contribution in [0.1, 0.15) is 17.7 Å². The first-order valence-electron chi connectivity index (χ1n) is 5.66. The lowest BCUT2D eigenvalue weighted by Gasteiger charge is -2.07. The van der Waals surface area contributed by atoms with Crippen molar-refractivity contribution >= 4 is 39.1 Å². The van der Waals surface area contributed by atoms with E-state index in [1.165, 1.54) is 0 Å². The number of aryl methyl sites for hydroxylation is 1. The summed E-state index contributed by atoms with van der Waals surface area (Å²) in [7, 11) is 0. The number of benzene rings is 1. The Morgan fingerprint density at radius 3 is 2.72 bits per heavy atom. The van der Waals surface area contributed by atoms with Gasteiger partial charge in [-0.25, -0.2) is 9.97 Å². The Kier molecular flexibility index (Phi) is 3.31. The molecule has 0 atom stereocenters. The number of hydrogen-bond donors (Lipinski definition) is 0. The van der Waals surface area contributed by atoms with Gasteiger partial charge in [-0.3, -0.25) is 0 Å². The molecule has 0 radical (unpaired) electrons. The highest BCUT2D eigenvalue weighted by Gasteiger charge is 2.19. The van der Waals surface area contributed by atoms with Crippen LogP contribution in [-0.4, -0.2) is 9.97 Å². The first-order chi connectivity index (χ1) is 8.65. The predicted molar refractivity (Wildman–Crippen MR) is 77.2 cm³/mol. The summed E-state index contributed by atoms with van der Waals surface area (Å²) in [6.45, 7) is 0. The lowest BCUT2D eigenvalue weighted by Crippen LogP contribution is -1.97. The molecule has 1 aliphatic carbocycles. The molecule has 2 nitrogen and oxygen atoms in total. The molecule has 1 aromatic heterocycles. The zero-order valence-electron chi connectivity index (χ0n) is 9.38. The van der Waals surface area contributed by atoms with Crippen LogP contribution in [0.4, 0.5) is 0 Å². The third kappa shape index (κ3) is 2.15. The lowest BCUT2D eigenvalue weighted by molar-refractivity contribution is 0.900. The fraction of sp³-hybridized carbons (Fsp3) is 0.231. The summed E-state index contributed by atoms with van der Waals surface area (Å²) in [5.41, 5.74) is 2.97. The van der Waals surface area contributed by atoms with Gasteiger partial charge in [0.25, 0.3) is 0 Å². The van der Waals surface area contributed by atoms with Crippen molar-refractivity contribution in [2.24, 2.45) is 0 Å². The number of hydrogen-bond acceptors (Lipinski definition) is 2. The molecule has 1 heterocycles. The topological polar surface area (TPSA) is 25.8 Å². The molecule has 0 bridgehead atoms. The van der Waals surface area contributed by atoms with Gasteiger partial charge >= 0.3 is 0 Å². The van der Waals surface area contributed by atoms with Crippen molar-refractivity contribution in [1.29, 1.82) is 0 Å². The van der Waals surface area contributed by atoms with E-state index >= 15 is 0 Å². The normalized spacial score (nSPS) is 13.7. The highest BCUT2D eigenvalue weighted by molar-refractivity contribution is 9.10. The second kappa shape index (κ2) is 4.80. The van der Waals surface area contributed by atoms with Crippen LogP contribution in [0.15, 0.2) is 22.7 Å². The van der Waals surface area contributed by atoms with Crippen LogP contribution >= 0.6 is 39.1 Å². The Labute approximate surface area is 123 Å². The fourth-order valence-corrected chi connectivity index (χ4v) is 3.22. The summed E-state index contributed by atoms with van der Waals surface area (Å²) in [6.07, 6.45) is 3.04. The maximum Gasteiger partial charge on any atom is 0.162 e.